The Balaban J connectivity index is 2.04. The Kier molecular flexibility index (Phi) is 2.76. The molecule has 1 saturated heterocycles. The third-order valence-corrected chi connectivity index (χ3v) is 3.01. The molecule has 0 amide bonds. The molecule has 1 aliphatic heterocycles. The summed E-state index contributed by atoms with van der Waals surface area (Å²) in [4.78, 5) is 2.31. The molecule has 0 radical (unpaired) electrons. The van der Waals surface area contributed by atoms with E-state index < -0.39 is 0 Å². The van der Waals surface area contributed by atoms with Gasteiger partial charge in [0.25, 0.3) is 0 Å². The smallest absolute Gasteiger partial charge is 0.0831 e. The Hall–Kier alpha value is -0.580. The van der Waals surface area contributed by atoms with E-state index >= 15 is 0 Å². The maximum Gasteiger partial charge on any atom is 0.0831 e. The summed E-state index contributed by atoms with van der Waals surface area (Å²) in [6.45, 7) is 2.87. The monoisotopic (exact) mass is 214 g/mol. The van der Waals surface area contributed by atoms with Crippen LogP contribution in [0.25, 0.3) is 0 Å². The molecule has 4 nitrogen and oxygen atoms in total. The van der Waals surface area contributed by atoms with Gasteiger partial charge in [-0.15, -0.1) is 0 Å². The molecule has 2 N–H and O–H groups in total. The fraction of sp³-hybridized carbons (Fsp3) is 0.667. The summed E-state index contributed by atoms with van der Waals surface area (Å²) < 4.78 is 1.83. The minimum atomic E-state index is 0.321. The van der Waals surface area contributed by atoms with E-state index in [0.29, 0.717) is 6.04 Å². The lowest BCUT2D eigenvalue weighted by molar-refractivity contribution is 0.317. The van der Waals surface area contributed by atoms with Crippen molar-refractivity contribution in [2.75, 3.05) is 13.1 Å². The average molecular weight is 215 g/mol. The molecule has 0 aliphatic carbocycles. The number of nitrogens with two attached hydrogens (primary N) is 1. The molecule has 2 heterocycles. The predicted molar refractivity (Wildman–Crippen MR) is 56.1 cm³/mol. The lowest BCUT2D eigenvalue weighted by Crippen LogP contribution is -2.27. The lowest BCUT2D eigenvalue weighted by Gasteiger charge is -2.15. The van der Waals surface area contributed by atoms with Gasteiger partial charge in [0.05, 0.1) is 16.9 Å². The van der Waals surface area contributed by atoms with Crippen molar-refractivity contribution in [1.29, 1.82) is 0 Å². The van der Waals surface area contributed by atoms with Crippen LogP contribution in [0.4, 0.5) is 0 Å². The Morgan fingerprint density at radius 1 is 1.71 bits per heavy atom. The van der Waals surface area contributed by atoms with Gasteiger partial charge in [-0.25, -0.2) is 0 Å². The van der Waals surface area contributed by atoms with Crippen LogP contribution >= 0.6 is 11.6 Å². The van der Waals surface area contributed by atoms with E-state index in [0.717, 1.165) is 36.8 Å². The van der Waals surface area contributed by atoms with Crippen molar-refractivity contribution in [2.24, 2.45) is 12.8 Å². The van der Waals surface area contributed by atoms with Crippen molar-refractivity contribution < 1.29 is 0 Å². The first-order chi connectivity index (χ1) is 6.66. The molecule has 2 rings (SSSR count). The van der Waals surface area contributed by atoms with Gasteiger partial charge in [0, 0.05) is 32.7 Å². The van der Waals surface area contributed by atoms with E-state index in [4.69, 9.17) is 17.3 Å². The number of hydrogen-bond acceptors (Lipinski definition) is 3. The number of halogens is 1. The molecule has 0 unspecified atom stereocenters. The molecule has 1 aromatic rings. The molecule has 0 saturated carbocycles. The molecule has 1 aliphatic rings. The van der Waals surface area contributed by atoms with Gasteiger partial charge in [0.15, 0.2) is 0 Å². The maximum absolute atomic E-state index is 6.02. The van der Waals surface area contributed by atoms with Crippen LogP contribution in [0.1, 0.15) is 12.1 Å². The number of likely N-dealkylation sites (tertiary alicyclic amines) is 1. The van der Waals surface area contributed by atoms with Gasteiger partial charge in [-0.3, -0.25) is 9.58 Å². The predicted octanol–water partition coefficient (Wildman–Crippen LogP) is 0.607. The molecule has 1 atom stereocenters. The second-order valence-corrected chi connectivity index (χ2v) is 4.25. The highest BCUT2D eigenvalue weighted by molar-refractivity contribution is 6.31. The van der Waals surface area contributed by atoms with Crippen LogP contribution < -0.4 is 5.73 Å². The van der Waals surface area contributed by atoms with Crippen LogP contribution in [0.2, 0.25) is 5.02 Å². The molecule has 5 heteroatoms. The normalized spacial score (nSPS) is 23.2. The van der Waals surface area contributed by atoms with Gasteiger partial charge in [-0.2, -0.15) is 5.10 Å². The number of hydrogen-bond donors (Lipinski definition) is 1. The molecule has 1 aromatic heterocycles. The molecule has 78 valence electrons. The van der Waals surface area contributed by atoms with Crippen molar-refractivity contribution in [1.82, 2.24) is 14.7 Å². The Morgan fingerprint density at radius 2 is 2.50 bits per heavy atom. The lowest BCUT2D eigenvalue weighted by atomic mass is 10.3. The van der Waals surface area contributed by atoms with Gasteiger partial charge in [0.1, 0.15) is 0 Å². The largest absolute Gasteiger partial charge is 0.326 e. The van der Waals surface area contributed by atoms with Crippen LogP contribution in [0.15, 0.2) is 6.20 Å². The van der Waals surface area contributed by atoms with Gasteiger partial charge < -0.3 is 5.73 Å². The van der Waals surface area contributed by atoms with E-state index in [1.165, 1.54) is 0 Å². The van der Waals surface area contributed by atoms with Crippen molar-refractivity contribution in [2.45, 2.75) is 19.0 Å². The van der Waals surface area contributed by atoms with Crippen LogP contribution in [-0.4, -0.2) is 33.8 Å². The third-order valence-electron chi connectivity index (χ3n) is 2.69. The first kappa shape index (κ1) is 9.96. The Labute approximate surface area is 88.6 Å². The summed E-state index contributed by atoms with van der Waals surface area (Å²) in [6, 6.07) is 0.321. The molecule has 0 aromatic carbocycles. The van der Waals surface area contributed by atoms with Crippen molar-refractivity contribution in [3.8, 4) is 0 Å². The van der Waals surface area contributed by atoms with Crippen LogP contribution in [0.3, 0.4) is 0 Å². The van der Waals surface area contributed by atoms with Gasteiger partial charge in [-0.1, -0.05) is 11.6 Å². The summed E-state index contributed by atoms with van der Waals surface area (Å²) in [5.74, 6) is 0. The highest BCUT2D eigenvalue weighted by Crippen LogP contribution is 2.18. The first-order valence-electron chi connectivity index (χ1n) is 4.81. The van der Waals surface area contributed by atoms with Gasteiger partial charge >= 0.3 is 0 Å². The number of aryl methyl sites for hydroxylation is 1. The number of rotatable bonds is 2. The van der Waals surface area contributed by atoms with E-state index in [9.17, 15) is 0 Å². The van der Waals surface area contributed by atoms with E-state index in [2.05, 4.69) is 10.00 Å². The minimum absolute atomic E-state index is 0.321. The SMILES string of the molecule is Cn1ncc(Cl)c1CN1CC[C@H](N)C1. The van der Waals surface area contributed by atoms with Crippen molar-refractivity contribution in [3.63, 3.8) is 0 Å². The molecule has 14 heavy (non-hydrogen) atoms. The van der Waals surface area contributed by atoms with E-state index in [-0.39, 0.29) is 0 Å². The molecule has 0 bridgehead atoms. The summed E-state index contributed by atoms with van der Waals surface area (Å²) >= 11 is 6.02. The summed E-state index contributed by atoms with van der Waals surface area (Å²) in [6.07, 6.45) is 2.77. The van der Waals surface area contributed by atoms with Crippen LogP contribution in [-0.2, 0) is 13.6 Å². The minimum Gasteiger partial charge on any atom is -0.326 e. The van der Waals surface area contributed by atoms with Crippen molar-refractivity contribution >= 4 is 11.6 Å². The topological polar surface area (TPSA) is 47.1 Å². The van der Waals surface area contributed by atoms with Crippen molar-refractivity contribution in [3.05, 3.63) is 16.9 Å². The van der Waals surface area contributed by atoms with Gasteiger partial charge in [-0.05, 0) is 6.42 Å². The standard InChI is InChI=1S/C9H15ClN4/c1-13-9(8(10)4-12-13)6-14-3-2-7(11)5-14/h4,7H,2-3,5-6,11H2,1H3/t7-/m0/s1. The average Bonchev–Trinajstić information content (AvgIpc) is 2.67. The molecule has 1 fully saturated rings. The van der Waals surface area contributed by atoms with E-state index in [1.807, 2.05) is 11.7 Å². The fourth-order valence-electron chi connectivity index (χ4n) is 1.83. The first-order valence-corrected chi connectivity index (χ1v) is 5.19. The summed E-state index contributed by atoms with van der Waals surface area (Å²) in [5, 5.41) is 4.85. The zero-order valence-corrected chi connectivity index (χ0v) is 9.04. The Morgan fingerprint density at radius 3 is 3.00 bits per heavy atom. The molecular formula is C9H15ClN4. The maximum atomic E-state index is 6.02. The zero-order chi connectivity index (χ0) is 10.1. The summed E-state index contributed by atoms with van der Waals surface area (Å²) in [7, 11) is 1.91. The fourth-order valence-corrected chi connectivity index (χ4v) is 2.06. The molecular weight excluding hydrogens is 200 g/mol. The molecule has 0 spiro atoms. The van der Waals surface area contributed by atoms with E-state index in [1.54, 1.807) is 6.20 Å². The highest BCUT2D eigenvalue weighted by atomic mass is 35.5. The number of nitrogens with zero attached hydrogens (tertiary/aromatic N) is 3. The van der Waals surface area contributed by atoms with Crippen LogP contribution in [0.5, 0.6) is 0 Å². The third kappa shape index (κ3) is 1.92. The Bertz CT molecular complexity index is 303. The second kappa shape index (κ2) is 3.88. The quantitative estimate of drug-likeness (QED) is 0.785. The van der Waals surface area contributed by atoms with Gasteiger partial charge in [0.2, 0.25) is 0 Å². The second-order valence-electron chi connectivity index (χ2n) is 3.85. The summed E-state index contributed by atoms with van der Waals surface area (Å²) in [5.41, 5.74) is 6.90. The van der Waals surface area contributed by atoms with Crippen LogP contribution in [0, 0.1) is 0 Å². The number of aromatic nitrogens is 2. The highest BCUT2D eigenvalue weighted by Gasteiger charge is 2.20. The zero-order valence-electron chi connectivity index (χ0n) is 8.28.